The average molecular weight is 535 g/mol. The molecule has 2 heterocycles. The van der Waals surface area contributed by atoms with E-state index in [1.807, 2.05) is 0 Å². The summed E-state index contributed by atoms with van der Waals surface area (Å²) >= 11 is 2.00. The highest BCUT2D eigenvalue weighted by molar-refractivity contribution is 8.14. The SMILES string of the molecule is C[C@@]12SC(c3ccccc3)=CC1=C1C(=C3C=C(c4ccccc4)S[C@]32C=O)C(F)(F)C(F)(F)C1(F)F. The van der Waals surface area contributed by atoms with Crippen LogP contribution in [-0.4, -0.2) is 33.5 Å². The minimum atomic E-state index is -5.66. The summed E-state index contributed by atoms with van der Waals surface area (Å²) in [5.41, 5.74) is -2.50. The van der Waals surface area contributed by atoms with Crippen LogP contribution in [0.25, 0.3) is 9.81 Å². The van der Waals surface area contributed by atoms with Crippen LogP contribution in [0.3, 0.4) is 0 Å². The van der Waals surface area contributed by atoms with E-state index in [9.17, 15) is 13.6 Å². The first-order valence-corrected chi connectivity index (χ1v) is 12.6. The van der Waals surface area contributed by atoms with Crippen molar-refractivity contribution in [2.24, 2.45) is 0 Å². The van der Waals surface area contributed by atoms with Gasteiger partial charge in [0.05, 0.1) is 4.75 Å². The number of alkyl halides is 6. The molecule has 2 atom stereocenters. The van der Waals surface area contributed by atoms with E-state index in [4.69, 9.17) is 0 Å². The molecular weight excluding hydrogens is 518 g/mol. The molecule has 1 fully saturated rings. The molecule has 1 nitrogen and oxygen atoms in total. The predicted molar refractivity (Wildman–Crippen MR) is 130 cm³/mol. The van der Waals surface area contributed by atoms with E-state index in [2.05, 4.69) is 0 Å². The fraction of sp³-hybridized carbons (Fsp3) is 0.222. The topological polar surface area (TPSA) is 17.1 Å². The van der Waals surface area contributed by atoms with Crippen LogP contribution in [0.4, 0.5) is 26.3 Å². The Labute approximate surface area is 211 Å². The minimum absolute atomic E-state index is 0.366. The summed E-state index contributed by atoms with van der Waals surface area (Å²) in [7, 11) is 0. The van der Waals surface area contributed by atoms with Gasteiger partial charge in [-0.1, -0.05) is 60.7 Å². The van der Waals surface area contributed by atoms with Gasteiger partial charge >= 0.3 is 17.8 Å². The molecule has 184 valence electrons. The van der Waals surface area contributed by atoms with Crippen molar-refractivity contribution in [1.82, 2.24) is 0 Å². The number of benzene rings is 2. The van der Waals surface area contributed by atoms with Crippen LogP contribution in [0.1, 0.15) is 18.1 Å². The molecule has 0 radical (unpaired) electrons. The quantitative estimate of drug-likeness (QED) is 0.296. The fourth-order valence-electron chi connectivity index (χ4n) is 5.39. The van der Waals surface area contributed by atoms with E-state index in [1.54, 1.807) is 60.7 Å². The lowest BCUT2D eigenvalue weighted by Gasteiger charge is -2.45. The van der Waals surface area contributed by atoms with Gasteiger partial charge in [0.1, 0.15) is 11.0 Å². The lowest BCUT2D eigenvalue weighted by molar-refractivity contribution is -0.258. The lowest BCUT2D eigenvalue weighted by atomic mass is 9.71. The number of allylic oxidation sites excluding steroid dienone is 4. The van der Waals surface area contributed by atoms with Crippen molar-refractivity contribution >= 4 is 39.6 Å². The van der Waals surface area contributed by atoms with Crippen molar-refractivity contribution in [2.45, 2.75) is 34.2 Å². The molecule has 2 aliphatic carbocycles. The number of halogens is 6. The molecule has 0 N–H and O–H groups in total. The van der Waals surface area contributed by atoms with Gasteiger partial charge in [0.25, 0.3) is 0 Å². The van der Waals surface area contributed by atoms with Crippen LogP contribution < -0.4 is 0 Å². The number of carbonyl (C=O) groups is 1. The van der Waals surface area contributed by atoms with Crippen molar-refractivity contribution in [3.8, 4) is 0 Å². The van der Waals surface area contributed by atoms with Gasteiger partial charge in [-0.2, -0.15) is 26.3 Å². The van der Waals surface area contributed by atoms with Crippen molar-refractivity contribution in [1.29, 1.82) is 0 Å². The molecule has 0 amide bonds. The van der Waals surface area contributed by atoms with Gasteiger partial charge in [0, 0.05) is 21.0 Å². The maximum absolute atomic E-state index is 15.3. The van der Waals surface area contributed by atoms with E-state index >= 15 is 17.6 Å². The second-order valence-corrected chi connectivity index (χ2v) is 11.9. The standard InChI is InChI=1S/C27H16F6OS2/c1-23-17(12-19(35-23)15-8-4-2-5-9-15)21-22(26(30,31)27(32,33)25(21,28)29)18-13-20(36-24(18,23)14-34)16-10-6-3-7-11-16/h2-14H,1H3/t23-,24-/m1/s1. The van der Waals surface area contributed by atoms with Crippen LogP contribution >= 0.6 is 23.5 Å². The van der Waals surface area contributed by atoms with Gasteiger partial charge < -0.3 is 4.79 Å². The number of hydrogen-bond acceptors (Lipinski definition) is 3. The zero-order valence-electron chi connectivity index (χ0n) is 18.5. The Morgan fingerprint density at radius 3 is 1.61 bits per heavy atom. The molecule has 0 saturated heterocycles. The fourth-order valence-corrected chi connectivity index (χ4v) is 8.49. The van der Waals surface area contributed by atoms with Crippen molar-refractivity contribution in [3.05, 3.63) is 106 Å². The van der Waals surface area contributed by atoms with Crippen LogP contribution in [0.15, 0.2) is 95.1 Å². The molecule has 4 aliphatic rings. The van der Waals surface area contributed by atoms with Gasteiger partial charge in [-0.25, -0.2) is 0 Å². The van der Waals surface area contributed by atoms with Crippen molar-refractivity contribution in [2.75, 3.05) is 0 Å². The minimum Gasteiger partial charge on any atom is -0.301 e. The maximum Gasteiger partial charge on any atom is 0.380 e. The monoisotopic (exact) mass is 534 g/mol. The Kier molecular flexibility index (Phi) is 4.76. The first-order chi connectivity index (χ1) is 16.9. The number of hydrogen-bond donors (Lipinski definition) is 0. The Hall–Kier alpha value is -2.65. The van der Waals surface area contributed by atoms with Crippen LogP contribution in [0, 0.1) is 0 Å². The van der Waals surface area contributed by atoms with Crippen molar-refractivity contribution in [3.63, 3.8) is 0 Å². The van der Waals surface area contributed by atoms with Crippen LogP contribution in [-0.2, 0) is 4.79 Å². The molecule has 0 bridgehead atoms. The van der Waals surface area contributed by atoms with E-state index in [0.717, 1.165) is 23.5 Å². The zero-order valence-corrected chi connectivity index (χ0v) is 20.1. The van der Waals surface area contributed by atoms with Crippen LogP contribution in [0.5, 0.6) is 0 Å². The normalized spacial score (nSPS) is 31.0. The summed E-state index contributed by atoms with van der Waals surface area (Å²) in [6, 6.07) is 17.1. The summed E-state index contributed by atoms with van der Waals surface area (Å²) in [5, 5.41) is 0. The largest absolute Gasteiger partial charge is 0.380 e. The molecule has 2 aliphatic heterocycles. The highest BCUT2D eigenvalue weighted by Gasteiger charge is 2.84. The Morgan fingerprint density at radius 2 is 1.11 bits per heavy atom. The Bertz CT molecular complexity index is 1440. The van der Waals surface area contributed by atoms with E-state index in [-0.39, 0.29) is 5.57 Å². The second-order valence-electron chi connectivity index (χ2n) is 9.14. The number of aldehydes is 1. The highest BCUT2D eigenvalue weighted by Crippen LogP contribution is 2.74. The third-order valence-electron chi connectivity index (χ3n) is 7.25. The molecule has 2 aromatic rings. The molecular formula is C27H16F6OS2. The molecule has 1 saturated carbocycles. The molecule has 0 unspecified atom stereocenters. The van der Waals surface area contributed by atoms with E-state index in [1.165, 1.54) is 19.1 Å². The van der Waals surface area contributed by atoms with Gasteiger partial charge in [0.2, 0.25) is 0 Å². The summed E-state index contributed by atoms with van der Waals surface area (Å²) < 4.78 is 87.5. The Balaban J connectivity index is 1.71. The molecule has 0 aromatic heterocycles. The predicted octanol–water partition coefficient (Wildman–Crippen LogP) is 7.78. The molecule has 36 heavy (non-hydrogen) atoms. The molecule has 6 rings (SSSR count). The second kappa shape index (κ2) is 7.22. The first-order valence-electron chi connectivity index (χ1n) is 11.0. The zero-order chi connectivity index (χ0) is 25.7. The van der Waals surface area contributed by atoms with Gasteiger partial charge in [-0.05, 0) is 41.3 Å². The Morgan fingerprint density at radius 1 is 0.667 bits per heavy atom. The molecule has 0 spiro atoms. The summed E-state index contributed by atoms with van der Waals surface area (Å²) in [6.07, 6.45) is 2.92. The number of rotatable bonds is 3. The molecule has 9 heteroatoms. The maximum atomic E-state index is 15.3. The van der Waals surface area contributed by atoms with E-state index in [0.29, 0.717) is 27.2 Å². The third-order valence-corrected chi connectivity index (χ3v) is 10.5. The van der Waals surface area contributed by atoms with Gasteiger partial charge in [0.15, 0.2) is 0 Å². The lowest BCUT2D eigenvalue weighted by Crippen LogP contribution is -2.52. The summed E-state index contributed by atoms with van der Waals surface area (Å²) in [6.45, 7) is 1.50. The third kappa shape index (κ3) is 2.60. The van der Waals surface area contributed by atoms with Gasteiger partial charge in [-0.15, -0.1) is 23.5 Å². The van der Waals surface area contributed by atoms with Gasteiger partial charge in [-0.3, -0.25) is 0 Å². The summed E-state index contributed by atoms with van der Waals surface area (Å²) in [4.78, 5) is 13.7. The average Bonchev–Trinajstić information content (AvgIpc) is 3.46. The number of carbonyl (C=O) groups excluding carboxylic acids is 1. The number of thioether (sulfide) groups is 2. The summed E-state index contributed by atoms with van der Waals surface area (Å²) in [5.74, 6) is -16.0. The first kappa shape index (κ1) is 23.7. The number of fused-ring (bicyclic) bond motifs is 4. The molecule has 2 aromatic carbocycles. The van der Waals surface area contributed by atoms with Crippen LogP contribution in [0.2, 0.25) is 0 Å². The highest BCUT2D eigenvalue weighted by atomic mass is 32.2. The smallest absolute Gasteiger partial charge is 0.301 e. The van der Waals surface area contributed by atoms with Crippen molar-refractivity contribution < 1.29 is 31.1 Å². The van der Waals surface area contributed by atoms with E-state index < -0.39 is 44.0 Å².